The third-order valence-corrected chi connectivity index (χ3v) is 17.1. The van der Waals surface area contributed by atoms with Crippen molar-refractivity contribution in [2.45, 2.75) is 132 Å². The van der Waals surface area contributed by atoms with Gasteiger partial charge in [0.05, 0.1) is 5.41 Å². The maximum atomic E-state index is 15.2. The van der Waals surface area contributed by atoms with Crippen molar-refractivity contribution < 1.29 is 37.4 Å². The molecule has 60 heavy (non-hydrogen) atoms. The van der Waals surface area contributed by atoms with Gasteiger partial charge in [-0.1, -0.05) is 93.9 Å². The van der Waals surface area contributed by atoms with Gasteiger partial charge in [0.1, 0.15) is 11.5 Å². The van der Waals surface area contributed by atoms with Crippen molar-refractivity contribution in [2.75, 3.05) is 0 Å². The fourth-order valence-electron chi connectivity index (χ4n) is 13.3. The Hall–Kier alpha value is -4.31. The molecule has 4 saturated carbocycles. The summed E-state index contributed by atoms with van der Waals surface area (Å²) >= 11 is 5.43. The molecule has 3 aromatic rings. The van der Waals surface area contributed by atoms with Crippen molar-refractivity contribution in [3.8, 4) is 0 Å². The van der Waals surface area contributed by atoms with E-state index in [4.69, 9.17) is 35.3 Å². The summed E-state index contributed by atoms with van der Waals surface area (Å²) in [7, 11) is 0. The molecule has 0 unspecified atom stereocenters. The molecule has 0 bridgehead atoms. The molecule has 8 rings (SSSR count). The highest BCUT2D eigenvalue weighted by Gasteiger charge is 2.72. The van der Waals surface area contributed by atoms with E-state index in [9.17, 15) is 14.4 Å². The molecule has 320 valence electrons. The first-order valence-electron chi connectivity index (χ1n) is 21.8. The zero-order valence-electron chi connectivity index (χ0n) is 36.4. The number of allylic oxidation sites excluding steroid dienone is 2. The second kappa shape index (κ2) is 14.9. The predicted molar refractivity (Wildman–Crippen MR) is 229 cm³/mol. The van der Waals surface area contributed by atoms with Crippen LogP contribution in [-0.4, -0.2) is 28.9 Å². The van der Waals surface area contributed by atoms with Gasteiger partial charge < -0.3 is 23.0 Å². The van der Waals surface area contributed by atoms with Crippen LogP contribution in [0.25, 0.3) is 0 Å². The molecule has 0 saturated heterocycles. The Morgan fingerprint density at radius 2 is 1.45 bits per heavy atom. The number of carbonyl (C=O) groups excluding carboxylic acids is 3. The molecule has 10 heteroatoms. The number of hydrogen-bond donors (Lipinski definition) is 0. The Labute approximate surface area is 359 Å². The van der Waals surface area contributed by atoms with Crippen molar-refractivity contribution in [1.82, 2.24) is 0 Å². The zero-order chi connectivity index (χ0) is 43.0. The molecule has 1 heterocycles. The van der Waals surface area contributed by atoms with Crippen LogP contribution < -0.4 is 5.82 Å². The third-order valence-electron chi connectivity index (χ3n) is 17.0. The molecule has 0 N–H and O–H groups in total. The molecule has 9 nitrogen and oxygen atoms in total. The van der Waals surface area contributed by atoms with Crippen LogP contribution in [-0.2, 0) is 35.2 Å². The average molecular weight is 837 g/mol. The standard InChI is InChI=1S/C50H60O9S/c1-30-37(58-44(54)56-30)29-55-43(53)50(8)38-19-22-49(7)41(47(38,5)21-20-39(50)57-31(2)60)36(51)27-34-35-28-46(4,24-23-45(35,3)25-26-48(34,49)6)42(52)59-40(32-15-11-9-12-16-32)33-17-13-10-14-18-33/h9-18,27,35,38-41H,19-26,28-29H2,1-8H3/t35-,38+,39-,41+,45+,46-,47-,48+,49+,50-/m0/s1. The van der Waals surface area contributed by atoms with E-state index in [1.165, 1.54) is 5.57 Å². The van der Waals surface area contributed by atoms with Gasteiger partial charge in [-0.2, -0.15) is 0 Å². The van der Waals surface area contributed by atoms with Crippen molar-refractivity contribution in [3.63, 3.8) is 0 Å². The minimum atomic E-state index is -1.15. The fraction of sp³-hybridized carbons (Fsp3) is 0.580. The normalized spacial score (nSPS) is 37.1. The van der Waals surface area contributed by atoms with E-state index in [0.717, 1.165) is 43.2 Å². The van der Waals surface area contributed by atoms with Crippen LogP contribution in [0.15, 0.2) is 85.9 Å². The molecule has 0 radical (unpaired) electrons. The number of thiocarbonyl (C=S) groups is 1. The number of ether oxygens (including phenoxy) is 3. The van der Waals surface area contributed by atoms with Crippen LogP contribution in [0.3, 0.4) is 0 Å². The first-order chi connectivity index (χ1) is 28.3. The number of carbonyl (C=O) groups is 3. The molecular weight excluding hydrogens is 777 g/mol. The van der Waals surface area contributed by atoms with E-state index in [-0.39, 0.29) is 58.5 Å². The van der Waals surface area contributed by atoms with Crippen LogP contribution in [0, 0.1) is 57.2 Å². The molecule has 2 aromatic carbocycles. The number of ketones is 1. The largest absolute Gasteiger partial charge is 0.519 e. The van der Waals surface area contributed by atoms with Gasteiger partial charge in [0.2, 0.25) is 0 Å². The van der Waals surface area contributed by atoms with Crippen molar-refractivity contribution >= 4 is 35.0 Å². The summed E-state index contributed by atoms with van der Waals surface area (Å²) < 4.78 is 29.0. The fourth-order valence-corrected chi connectivity index (χ4v) is 13.4. The second-order valence-electron chi connectivity index (χ2n) is 20.3. The quantitative estimate of drug-likeness (QED) is 0.160. The highest BCUT2D eigenvalue weighted by atomic mass is 32.1. The maximum Gasteiger partial charge on any atom is 0.519 e. The van der Waals surface area contributed by atoms with Gasteiger partial charge in [-0.15, -0.1) is 0 Å². The van der Waals surface area contributed by atoms with Crippen LogP contribution in [0.4, 0.5) is 0 Å². The third kappa shape index (κ3) is 6.56. The Balaban J connectivity index is 1.11. The number of fused-ring (bicyclic) bond motifs is 7. The number of aryl methyl sites for hydroxylation is 1. The van der Waals surface area contributed by atoms with Gasteiger partial charge in [-0.05, 0) is 141 Å². The molecular formula is C50H60O9S. The van der Waals surface area contributed by atoms with E-state index in [0.29, 0.717) is 30.7 Å². The number of benzene rings is 2. The molecule has 0 amide bonds. The Morgan fingerprint density at radius 1 is 0.817 bits per heavy atom. The van der Waals surface area contributed by atoms with E-state index >= 15 is 4.79 Å². The lowest BCUT2D eigenvalue weighted by Crippen LogP contribution is -2.68. The average Bonchev–Trinajstić information content (AvgIpc) is 3.54. The van der Waals surface area contributed by atoms with Crippen molar-refractivity contribution in [1.29, 1.82) is 0 Å². The van der Waals surface area contributed by atoms with Gasteiger partial charge in [-0.25, -0.2) is 4.79 Å². The summed E-state index contributed by atoms with van der Waals surface area (Å²) in [5.74, 6) is -1.57. The van der Waals surface area contributed by atoms with Gasteiger partial charge >= 0.3 is 17.8 Å². The summed E-state index contributed by atoms with van der Waals surface area (Å²) in [5.41, 5.74) is -0.180. The van der Waals surface area contributed by atoms with Crippen molar-refractivity contribution in [2.24, 2.45) is 50.2 Å². The monoisotopic (exact) mass is 836 g/mol. The SMILES string of the molecule is CC(=S)O[C@H]1CC[C@@]2(C)[C@@H](CC[C@]3(C)[C@@H]2C(=O)C=C2[C@@H]4C[C@@](C)(C(=O)OC(c5ccccc5)c5ccccc5)CC[C@]4(C)CC[C@]23C)[C@]1(C)C(=O)OCc1oc(=O)oc1C. The van der Waals surface area contributed by atoms with E-state index in [2.05, 4.69) is 34.6 Å². The summed E-state index contributed by atoms with van der Waals surface area (Å²) in [6, 6.07) is 19.9. The van der Waals surface area contributed by atoms with Crippen LogP contribution in [0.2, 0.25) is 0 Å². The van der Waals surface area contributed by atoms with Gasteiger partial charge in [-0.3, -0.25) is 14.4 Å². The minimum Gasteiger partial charge on any atom is -0.483 e. The zero-order valence-corrected chi connectivity index (χ0v) is 37.2. The summed E-state index contributed by atoms with van der Waals surface area (Å²) in [6.45, 7) is 16.3. The molecule has 0 aliphatic heterocycles. The van der Waals surface area contributed by atoms with Crippen LogP contribution in [0.1, 0.15) is 135 Å². The topological polar surface area (TPSA) is 122 Å². The number of hydrogen-bond acceptors (Lipinski definition) is 10. The summed E-state index contributed by atoms with van der Waals surface area (Å²) in [5, 5.41) is 0.345. The second-order valence-corrected chi connectivity index (χ2v) is 20.9. The van der Waals surface area contributed by atoms with Gasteiger partial charge in [0, 0.05) is 12.8 Å². The lowest BCUT2D eigenvalue weighted by atomic mass is 9.33. The van der Waals surface area contributed by atoms with E-state index in [1.54, 1.807) is 13.8 Å². The predicted octanol–water partition coefficient (Wildman–Crippen LogP) is 10.6. The lowest BCUT2D eigenvalue weighted by molar-refractivity contribution is -0.217. The van der Waals surface area contributed by atoms with Gasteiger partial charge in [0.25, 0.3) is 0 Å². The number of esters is 2. The van der Waals surface area contributed by atoms with Gasteiger partial charge in [0.15, 0.2) is 35.1 Å². The highest BCUT2D eigenvalue weighted by Crippen LogP contribution is 2.75. The molecule has 10 atom stereocenters. The Morgan fingerprint density at radius 3 is 2.05 bits per heavy atom. The first-order valence-corrected chi connectivity index (χ1v) is 22.2. The molecule has 1 aromatic heterocycles. The maximum absolute atomic E-state index is 15.2. The minimum absolute atomic E-state index is 0.0306. The highest BCUT2D eigenvalue weighted by molar-refractivity contribution is 7.80. The Bertz CT molecular complexity index is 2240. The Kier molecular flexibility index (Phi) is 10.6. The molecule has 5 aliphatic rings. The molecule has 5 aliphatic carbocycles. The number of rotatable bonds is 8. The molecule has 4 fully saturated rings. The van der Waals surface area contributed by atoms with E-state index in [1.807, 2.05) is 73.7 Å². The summed E-state index contributed by atoms with van der Waals surface area (Å²) in [6.07, 6.45) is 7.68. The first kappa shape index (κ1) is 42.4. The van der Waals surface area contributed by atoms with Crippen LogP contribution in [0.5, 0.6) is 0 Å². The summed E-state index contributed by atoms with van der Waals surface area (Å²) in [4.78, 5) is 56.1. The van der Waals surface area contributed by atoms with Crippen LogP contribution >= 0.6 is 12.2 Å². The molecule has 0 spiro atoms. The lowest BCUT2D eigenvalue weighted by Gasteiger charge is -2.70. The smallest absolute Gasteiger partial charge is 0.483 e. The van der Waals surface area contributed by atoms with Crippen molar-refractivity contribution in [3.05, 3.63) is 106 Å². The van der Waals surface area contributed by atoms with E-state index < -0.39 is 45.7 Å².